The molecule has 1 aliphatic heterocycles. The molecule has 0 aromatic heterocycles. The average molecular weight is 376 g/mol. The zero-order chi connectivity index (χ0) is 13.1. The molecule has 0 spiro atoms. The largest absolute Gasteiger partial charge is 0.370 e. The van der Waals surface area contributed by atoms with Gasteiger partial charge in [0.15, 0.2) is 0 Å². The Balaban J connectivity index is 2.10. The van der Waals surface area contributed by atoms with Gasteiger partial charge >= 0.3 is 0 Å². The van der Waals surface area contributed by atoms with Gasteiger partial charge in [-0.2, -0.15) is 0 Å². The van der Waals surface area contributed by atoms with E-state index in [4.69, 9.17) is 0 Å². The molecule has 0 amide bonds. The van der Waals surface area contributed by atoms with Crippen LogP contribution in [-0.4, -0.2) is 25.7 Å². The fraction of sp³-hybridized carbons (Fsp3) is 0.571. The van der Waals surface area contributed by atoms with Crippen LogP contribution in [0.2, 0.25) is 0 Å². The van der Waals surface area contributed by atoms with E-state index in [0.29, 0.717) is 12.0 Å². The smallest absolute Gasteiger partial charge is 0.0522 e. The molecule has 100 valence electrons. The predicted molar refractivity (Wildman–Crippen MR) is 85.3 cm³/mol. The number of benzene rings is 1. The van der Waals surface area contributed by atoms with Crippen LogP contribution >= 0.6 is 31.9 Å². The SMILES string of the molecule is CCNC1CCN(c2cc(Br)ccc2Br)CC1C. The normalized spacial score (nSPS) is 24.3. The van der Waals surface area contributed by atoms with Crippen LogP contribution < -0.4 is 10.2 Å². The van der Waals surface area contributed by atoms with Crippen LogP contribution in [0.3, 0.4) is 0 Å². The third-order valence-corrected chi connectivity index (χ3v) is 4.78. The maximum atomic E-state index is 3.65. The summed E-state index contributed by atoms with van der Waals surface area (Å²) in [5.74, 6) is 0.685. The topological polar surface area (TPSA) is 15.3 Å². The van der Waals surface area contributed by atoms with Crippen LogP contribution in [0.25, 0.3) is 0 Å². The molecule has 2 atom stereocenters. The summed E-state index contributed by atoms with van der Waals surface area (Å²) < 4.78 is 2.32. The van der Waals surface area contributed by atoms with E-state index in [1.54, 1.807) is 0 Å². The first kappa shape index (κ1) is 14.4. The minimum atomic E-state index is 0.664. The Morgan fingerprint density at radius 1 is 1.39 bits per heavy atom. The molecule has 0 bridgehead atoms. The van der Waals surface area contributed by atoms with Crippen molar-refractivity contribution < 1.29 is 0 Å². The van der Waals surface area contributed by atoms with E-state index >= 15 is 0 Å². The van der Waals surface area contributed by atoms with Gasteiger partial charge in [0.2, 0.25) is 0 Å². The Morgan fingerprint density at radius 3 is 2.83 bits per heavy atom. The third-order valence-electron chi connectivity index (χ3n) is 3.62. The van der Waals surface area contributed by atoms with Crippen molar-refractivity contribution in [3.63, 3.8) is 0 Å². The van der Waals surface area contributed by atoms with Crippen molar-refractivity contribution in [1.29, 1.82) is 0 Å². The number of rotatable bonds is 3. The highest BCUT2D eigenvalue weighted by Gasteiger charge is 2.26. The number of nitrogens with zero attached hydrogens (tertiary/aromatic N) is 1. The van der Waals surface area contributed by atoms with Crippen molar-refractivity contribution in [2.45, 2.75) is 26.3 Å². The second kappa shape index (κ2) is 6.40. The van der Waals surface area contributed by atoms with Crippen LogP contribution in [-0.2, 0) is 0 Å². The fourth-order valence-electron chi connectivity index (χ4n) is 2.66. The summed E-state index contributed by atoms with van der Waals surface area (Å²) in [7, 11) is 0. The predicted octanol–water partition coefficient (Wildman–Crippen LogP) is 4.04. The van der Waals surface area contributed by atoms with Crippen LogP contribution in [0.5, 0.6) is 0 Å². The average Bonchev–Trinajstić information content (AvgIpc) is 2.35. The summed E-state index contributed by atoms with van der Waals surface area (Å²) in [5, 5.41) is 3.58. The Morgan fingerprint density at radius 2 is 2.17 bits per heavy atom. The van der Waals surface area contributed by atoms with Crippen LogP contribution in [0.1, 0.15) is 20.3 Å². The molecule has 1 aromatic carbocycles. The van der Waals surface area contributed by atoms with Gasteiger partial charge in [0.25, 0.3) is 0 Å². The maximum absolute atomic E-state index is 3.65. The summed E-state index contributed by atoms with van der Waals surface area (Å²) in [6, 6.07) is 7.05. The zero-order valence-electron chi connectivity index (χ0n) is 10.9. The van der Waals surface area contributed by atoms with E-state index < -0.39 is 0 Å². The van der Waals surface area contributed by atoms with Gasteiger partial charge < -0.3 is 10.2 Å². The van der Waals surface area contributed by atoms with E-state index in [1.807, 2.05) is 0 Å². The van der Waals surface area contributed by atoms with E-state index in [1.165, 1.54) is 16.6 Å². The Labute approximate surface area is 126 Å². The van der Waals surface area contributed by atoms with Crippen molar-refractivity contribution in [3.05, 3.63) is 27.1 Å². The Hall–Kier alpha value is -0.0600. The van der Waals surface area contributed by atoms with Crippen molar-refractivity contribution in [2.75, 3.05) is 24.5 Å². The van der Waals surface area contributed by atoms with Crippen LogP contribution in [0.15, 0.2) is 27.1 Å². The highest BCUT2D eigenvalue weighted by atomic mass is 79.9. The number of piperidine rings is 1. The molecule has 2 unspecified atom stereocenters. The van der Waals surface area contributed by atoms with Gasteiger partial charge in [0, 0.05) is 28.1 Å². The molecule has 0 radical (unpaired) electrons. The molecule has 1 aliphatic rings. The molecule has 18 heavy (non-hydrogen) atoms. The lowest BCUT2D eigenvalue weighted by Gasteiger charge is -2.39. The minimum Gasteiger partial charge on any atom is -0.370 e. The summed E-state index contributed by atoms with van der Waals surface area (Å²) in [4.78, 5) is 2.48. The standard InChI is InChI=1S/C14H20Br2N2/c1-3-17-13-6-7-18(9-10(13)2)14-8-11(15)4-5-12(14)16/h4-5,8,10,13,17H,3,6-7,9H2,1-2H3. The number of nitrogens with one attached hydrogen (secondary N) is 1. The highest BCUT2D eigenvalue weighted by molar-refractivity contribution is 9.11. The molecule has 1 fully saturated rings. The van der Waals surface area contributed by atoms with Gasteiger partial charge in [0.05, 0.1) is 5.69 Å². The number of halogens is 2. The molecule has 4 heteroatoms. The number of hydrogen-bond donors (Lipinski definition) is 1. The summed E-state index contributed by atoms with van der Waals surface area (Å²) in [5.41, 5.74) is 1.30. The molecule has 1 aromatic rings. The molecule has 0 aliphatic carbocycles. The zero-order valence-corrected chi connectivity index (χ0v) is 14.1. The van der Waals surface area contributed by atoms with Gasteiger partial charge in [-0.3, -0.25) is 0 Å². The fourth-order valence-corrected chi connectivity index (χ4v) is 3.50. The number of hydrogen-bond acceptors (Lipinski definition) is 2. The lowest BCUT2D eigenvalue weighted by atomic mass is 9.93. The van der Waals surface area contributed by atoms with Crippen LogP contribution in [0.4, 0.5) is 5.69 Å². The summed E-state index contributed by atoms with van der Waals surface area (Å²) in [6.07, 6.45) is 1.22. The molecule has 1 saturated heterocycles. The van der Waals surface area contributed by atoms with Crippen molar-refractivity contribution >= 4 is 37.5 Å². The molecule has 2 nitrogen and oxygen atoms in total. The first-order chi connectivity index (χ1) is 8.61. The van der Waals surface area contributed by atoms with Crippen molar-refractivity contribution in [3.8, 4) is 0 Å². The summed E-state index contributed by atoms with van der Waals surface area (Å²) >= 11 is 7.21. The molecular formula is C14H20Br2N2. The second-order valence-electron chi connectivity index (χ2n) is 4.97. The van der Waals surface area contributed by atoms with Crippen molar-refractivity contribution in [2.24, 2.45) is 5.92 Å². The van der Waals surface area contributed by atoms with Gasteiger partial charge in [-0.1, -0.05) is 29.8 Å². The minimum absolute atomic E-state index is 0.664. The number of anilines is 1. The van der Waals surface area contributed by atoms with Gasteiger partial charge in [-0.25, -0.2) is 0 Å². The molecule has 2 rings (SSSR count). The van der Waals surface area contributed by atoms with E-state index in [9.17, 15) is 0 Å². The van der Waals surface area contributed by atoms with Gasteiger partial charge in [-0.15, -0.1) is 0 Å². The highest BCUT2D eigenvalue weighted by Crippen LogP contribution is 2.32. The van der Waals surface area contributed by atoms with E-state index in [-0.39, 0.29) is 0 Å². The molecule has 0 saturated carbocycles. The van der Waals surface area contributed by atoms with Gasteiger partial charge in [-0.05, 0) is 53.0 Å². The monoisotopic (exact) mass is 374 g/mol. The first-order valence-electron chi connectivity index (χ1n) is 6.55. The van der Waals surface area contributed by atoms with Crippen LogP contribution in [0, 0.1) is 5.92 Å². The molecule has 1 heterocycles. The quantitative estimate of drug-likeness (QED) is 0.857. The Kier molecular flexibility index (Phi) is 5.10. The van der Waals surface area contributed by atoms with Crippen molar-refractivity contribution in [1.82, 2.24) is 5.32 Å². The second-order valence-corrected chi connectivity index (χ2v) is 6.74. The lowest BCUT2D eigenvalue weighted by molar-refractivity contribution is 0.326. The molecule has 1 N–H and O–H groups in total. The maximum Gasteiger partial charge on any atom is 0.0522 e. The van der Waals surface area contributed by atoms with Gasteiger partial charge in [0.1, 0.15) is 0 Å². The lowest BCUT2D eigenvalue weighted by Crippen LogP contribution is -2.48. The molecular weight excluding hydrogens is 356 g/mol. The van der Waals surface area contributed by atoms with E-state index in [2.05, 4.69) is 74.1 Å². The Bertz CT molecular complexity index is 409. The third kappa shape index (κ3) is 3.28. The van der Waals surface area contributed by atoms with E-state index in [0.717, 1.165) is 24.1 Å². The first-order valence-corrected chi connectivity index (χ1v) is 8.13. The summed E-state index contributed by atoms with van der Waals surface area (Å²) in [6.45, 7) is 7.83.